The van der Waals surface area contributed by atoms with Gasteiger partial charge in [-0.2, -0.15) is 0 Å². The first-order valence-corrected chi connectivity index (χ1v) is 14.5. The van der Waals surface area contributed by atoms with Crippen molar-refractivity contribution in [3.63, 3.8) is 0 Å². The van der Waals surface area contributed by atoms with Gasteiger partial charge >= 0.3 is 0 Å². The maximum absolute atomic E-state index is 5.51. The Bertz CT molecular complexity index is 1950. The zero-order valence-corrected chi connectivity index (χ0v) is 26.1. The number of nitrogens with zero attached hydrogens (tertiary/aromatic N) is 4. The molecule has 4 nitrogen and oxygen atoms in total. The highest BCUT2D eigenvalue weighted by molar-refractivity contribution is 6.11. The van der Waals surface area contributed by atoms with Crippen LogP contribution in [0.5, 0.6) is 0 Å². The average molecular weight is 541 g/mol. The largest absolute Gasteiger partial charge is 0.291 e. The van der Waals surface area contributed by atoms with Gasteiger partial charge in [-0.05, 0) is 90.1 Å². The van der Waals surface area contributed by atoms with Crippen LogP contribution in [0.1, 0.15) is 74.9 Å². The Balaban J connectivity index is 1.84. The molecule has 41 heavy (non-hydrogen) atoms. The second kappa shape index (κ2) is 9.24. The minimum atomic E-state index is 0.0621. The molecule has 4 heteroatoms. The van der Waals surface area contributed by atoms with Crippen LogP contribution in [0.3, 0.4) is 0 Å². The van der Waals surface area contributed by atoms with Crippen LogP contribution in [0, 0.1) is 27.7 Å². The van der Waals surface area contributed by atoms with E-state index in [9.17, 15) is 0 Å². The molecule has 208 valence electrons. The highest BCUT2D eigenvalue weighted by atomic mass is 15.0. The van der Waals surface area contributed by atoms with Crippen molar-refractivity contribution in [2.24, 2.45) is 0 Å². The number of fused-ring (bicyclic) bond motifs is 6. The highest BCUT2D eigenvalue weighted by Crippen LogP contribution is 2.44. The van der Waals surface area contributed by atoms with Crippen molar-refractivity contribution in [1.29, 1.82) is 0 Å². The van der Waals surface area contributed by atoms with Crippen LogP contribution < -0.4 is 0 Å². The molecule has 6 aromatic rings. The zero-order valence-electron chi connectivity index (χ0n) is 26.1. The van der Waals surface area contributed by atoms with E-state index in [0.717, 1.165) is 38.8 Å². The lowest BCUT2D eigenvalue weighted by atomic mass is 9.81. The Hall–Kier alpha value is -4.05. The number of aromatic nitrogens is 4. The van der Waals surface area contributed by atoms with Gasteiger partial charge < -0.3 is 0 Å². The lowest BCUT2D eigenvalue weighted by Crippen LogP contribution is -2.12. The fraction of sp³-hybridized carbons (Fsp3) is 0.324. The van der Waals surface area contributed by atoms with Gasteiger partial charge in [-0.15, -0.1) is 0 Å². The SMILES string of the molecule is Cc1cc(C(C)(C)C)cc(C)c1-c1nc2c3cccnc3c3cnccc3n2c1-c1c(C)cc(C(C)(C)C)cc1C. The Labute approximate surface area is 243 Å². The molecule has 0 saturated carbocycles. The number of aryl methyl sites for hydroxylation is 4. The molecular weight excluding hydrogens is 500 g/mol. The van der Waals surface area contributed by atoms with Crippen LogP contribution in [-0.4, -0.2) is 19.4 Å². The molecule has 0 spiro atoms. The number of imidazole rings is 1. The smallest absolute Gasteiger partial charge is 0.148 e. The van der Waals surface area contributed by atoms with E-state index in [2.05, 4.69) is 115 Å². The second-order valence-electron chi connectivity index (χ2n) is 13.7. The quantitative estimate of drug-likeness (QED) is 0.205. The van der Waals surface area contributed by atoms with E-state index in [1.807, 2.05) is 24.7 Å². The van der Waals surface area contributed by atoms with Crippen LogP contribution in [0.25, 0.3) is 50.0 Å². The molecule has 0 N–H and O–H groups in total. The highest BCUT2D eigenvalue weighted by Gasteiger charge is 2.27. The van der Waals surface area contributed by atoms with Crippen LogP contribution in [0.15, 0.2) is 61.1 Å². The third kappa shape index (κ3) is 4.32. The summed E-state index contributed by atoms with van der Waals surface area (Å²) in [6.45, 7) is 22.6. The van der Waals surface area contributed by atoms with Gasteiger partial charge in [-0.25, -0.2) is 4.98 Å². The molecule has 0 aliphatic heterocycles. The summed E-state index contributed by atoms with van der Waals surface area (Å²) in [6, 6.07) is 15.7. The monoisotopic (exact) mass is 540 g/mol. The minimum Gasteiger partial charge on any atom is -0.291 e. The molecule has 0 aliphatic rings. The molecule has 2 aromatic carbocycles. The van der Waals surface area contributed by atoms with Crippen molar-refractivity contribution in [2.45, 2.75) is 80.1 Å². The van der Waals surface area contributed by atoms with Crippen molar-refractivity contribution in [3.05, 3.63) is 94.4 Å². The Morgan fingerprint density at radius 2 is 1.22 bits per heavy atom. The van der Waals surface area contributed by atoms with Crippen molar-refractivity contribution < 1.29 is 0 Å². The molecule has 0 radical (unpaired) electrons. The van der Waals surface area contributed by atoms with E-state index in [-0.39, 0.29) is 10.8 Å². The van der Waals surface area contributed by atoms with Crippen LogP contribution in [0.2, 0.25) is 0 Å². The summed E-state index contributed by atoms with van der Waals surface area (Å²) in [6.07, 6.45) is 5.66. The van der Waals surface area contributed by atoms with Gasteiger partial charge in [0, 0.05) is 40.5 Å². The van der Waals surface area contributed by atoms with Gasteiger partial charge in [0.25, 0.3) is 0 Å². The van der Waals surface area contributed by atoms with Crippen LogP contribution in [-0.2, 0) is 10.8 Å². The molecule has 0 saturated heterocycles. The number of hydrogen-bond donors (Lipinski definition) is 0. The first-order valence-electron chi connectivity index (χ1n) is 14.5. The van der Waals surface area contributed by atoms with E-state index in [1.165, 1.54) is 44.5 Å². The summed E-state index contributed by atoms with van der Waals surface area (Å²) in [7, 11) is 0. The summed E-state index contributed by atoms with van der Waals surface area (Å²) in [5.74, 6) is 0. The fourth-order valence-electron chi connectivity index (χ4n) is 6.35. The van der Waals surface area contributed by atoms with Gasteiger partial charge in [-0.3, -0.25) is 14.4 Å². The standard InChI is InChI=1S/C37H40N4/c1-21-16-25(36(5,6)7)17-22(2)30(21)33-34(31-23(3)18-26(19-24(31)4)37(8,9)10)41-29-13-15-38-20-28(29)32-27(35(41)40-33)12-11-14-39-32/h11-20H,1-10H3. The Kier molecular flexibility index (Phi) is 6.11. The first-order chi connectivity index (χ1) is 19.3. The van der Waals surface area contributed by atoms with E-state index >= 15 is 0 Å². The normalized spacial score (nSPS) is 12.6. The number of benzene rings is 2. The van der Waals surface area contributed by atoms with Gasteiger partial charge in [0.1, 0.15) is 5.65 Å². The van der Waals surface area contributed by atoms with Crippen molar-refractivity contribution in [3.8, 4) is 22.5 Å². The number of rotatable bonds is 2. The van der Waals surface area contributed by atoms with Crippen molar-refractivity contribution >= 4 is 27.5 Å². The average Bonchev–Trinajstić information content (AvgIpc) is 3.27. The number of pyridine rings is 3. The van der Waals surface area contributed by atoms with E-state index in [4.69, 9.17) is 9.97 Å². The molecule has 4 aromatic heterocycles. The molecule has 0 bridgehead atoms. The molecule has 0 unspecified atom stereocenters. The summed E-state index contributed by atoms with van der Waals surface area (Å²) in [4.78, 5) is 14.8. The van der Waals surface area contributed by atoms with E-state index in [0.29, 0.717) is 0 Å². The van der Waals surface area contributed by atoms with Gasteiger partial charge in [0.15, 0.2) is 0 Å². The third-order valence-electron chi connectivity index (χ3n) is 8.49. The molecule has 4 heterocycles. The van der Waals surface area contributed by atoms with Crippen molar-refractivity contribution in [2.75, 3.05) is 0 Å². The summed E-state index contributed by atoms with van der Waals surface area (Å²) >= 11 is 0. The second-order valence-corrected chi connectivity index (χ2v) is 13.7. The predicted molar refractivity (Wildman–Crippen MR) is 173 cm³/mol. The topological polar surface area (TPSA) is 43.1 Å². The van der Waals surface area contributed by atoms with Crippen molar-refractivity contribution in [1.82, 2.24) is 19.4 Å². The lowest BCUT2D eigenvalue weighted by molar-refractivity contribution is 0.589. The maximum Gasteiger partial charge on any atom is 0.148 e. The number of hydrogen-bond acceptors (Lipinski definition) is 3. The Morgan fingerprint density at radius 1 is 0.659 bits per heavy atom. The Morgan fingerprint density at radius 3 is 1.78 bits per heavy atom. The predicted octanol–water partition coefficient (Wildman–Crippen LogP) is 9.59. The van der Waals surface area contributed by atoms with E-state index in [1.54, 1.807) is 0 Å². The molecule has 0 amide bonds. The molecule has 6 rings (SSSR count). The summed E-state index contributed by atoms with van der Waals surface area (Å²) < 4.78 is 2.36. The first kappa shape index (κ1) is 27.1. The van der Waals surface area contributed by atoms with Gasteiger partial charge in [0.05, 0.1) is 22.4 Å². The molecule has 0 atom stereocenters. The summed E-state index contributed by atoms with van der Waals surface area (Å²) in [5.41, 5.74) is 15.3. The van der Waals surface area contributed by atoms with E-state index < -0.39 is 0 Å². The minimum absolute atomic E-state index is 0.0621. The maximum atomic E-state index is 5.51. The third-order valence-corrected chi connectivity index (χ3v) is 8.49. The van der Waals surface area contributed by atoms with Gasteiger partial charge in [0.2, 0.25) is 0 Å². The van der Waals surface area contributed by atoms with Crippen LogP contribution in [0.4, 0.5) is 0 Å². The lowest BCUT2D eigenvalue weighted by Gasteiger charge is -2.24. The molecular formula is C37H40N4. The van der Waals surface area contributed by atoms with Crippen LogP contribution >= 0.6 is 0 Å². The van der Waals surface area contributed by atoms with Gasteiger partial charge in [-0.1, -0.05) is 65.8 Å². The fourth-order valence-corrected chi connectivity index (χ4v) is 6.35. The molecule has 0 fully saturated rings. The molecule has 0 aliphatic carbocycles. The zero-order chi connectivity index (χ0) is 29.4. The summed E-state index contributed by atoms with van der Waals surface area (Å²) in [5, 5.41) is 2.06.